The second-order valence-corrected chi connectivity index (χ2v) is 9.38. The van der Waals surface area contributed by atoms with Crippen LogP contribution in [0, 0.1) is 5.41 Å². The summed E-state index contributed by atoms with van der Waals surface area (Å²) in [7, 11) is 4.29. The van der Waals surface area contributed by atoms with Crippen molar-refractivity contribution < 1.29 is 0 Å². The average molecular weight is 393 g/mol. The number of nitrogens with zero attached hydrogens (tertiary/aromatic N) is 4. The number of anilines is 1. The summed E-state index contributed by atoms with van der Waals surface area (Å²) < 4.78 is 2.15. The third kappa shape index (κ3) is 3.91. The van der Waals surface area contributed by atoms with Gasteiger partial charge in [0.05, 0.1) is 12.7 Å². The molecule has 0 spiro atoms. The van der Waals surface area contributed by atoms with E-state index in [1.54, 1.807) is 11.3 Å². The quantitative estimate of drug-likeness (QED) is 0.586. The van der Waals surface area contributed by atoms with E-state index in [0.717, 1.165) is 19.6 Å². The van der Waals surface area contributed by atoms with Crippen LogP contribution in [0.4, 0.5) is 5.82 Å². The van der Waals surface area contributed by atoms with Crippen LogP contribution >= 0.6 is 11.3 Å². The Labute approximate surface area is 171 Å². The van der Waals surface area contributed by atoms with E-state index in [1.165, 1.54) is 28.1 Å². The molecule has 0 saturated heterocycles. The highest BCUT2D eigenvalue weighted by atomic mass is 32.1. The molecule has 3 heterocycles. The Hall–Kier alpha value is -2.37. The maximum atomic E-state index is 4.76. The molecular weight excluding hydrogens is 364 g/mol. The van der Waals surface area contributed by atoms with E-state index in [9.17, 15) is 0 Å². The van der Waals surface area contributed by atoms with Crippen molar-refractivity contribution >= 4 is 22.7 Å². The fourth-order valence-electron chi connectivity index (χ4n) is 4.17. The van der Waals surface area contributed by atoms with E-state index in [0.29, 0.717) is 0 Å². The first-order valence-corrected chi connectivity index (χ1v) is 10.6. The number of benzene rings is 1. The molecule has 0 N–H and O–H groups in total. The highest BCUT2D eigenvalue weighted by Crippen LogP contribution is 2.38. The van der Waals surface area contributed by atoms with Crippen molar-refractivity contribution in [2.45, 2.75) is 20.4 Å². The highest BCUT2D eigenvalue weighted by Gasteiger charge is 2.29. The third-order valence-electron chi connectivity index (χ3n) is 5.03. The molecule has 3 aromatic rings. The van der Waals surface area contributed by atoms with Crippen LogP contribution in [-0.4, -0.2) is 41.9 Å². The van der Waals surface area contributed by atoms with Gasteiger partial charge in [-0.2, -0.15) is 16.4 Å². The Kier molecular flexibility index (Phi) is 5.13. The third-order valence-corrected chi connectivity index (χ3v) is 5.72. The van der Waals surface area contributed by atoms with Crippen LogP contribution in [0.5, 0.6) is 0 Å². The zero-order valence-corrected chi connectivity index (χ0v) is 17.9. The second-order valence-electron chi connectivity index (χ2n) is 8.60. The van der Waals surface area contributed by atoms with Gasteiger partial charge in [0.1, 0.15) is 5.82 Å². The van der Waals surface area contributed by atoms with Gasteiger partial charge in [-0.3, -0.25) is 0 Å². The summed E-state index contributed by atoms with van der Waals surface area (Å²) in [5.41, 5.74) is 5.16. The van der Waals surface area contributed by atoms with Gasteiger partial charge in [-0.05, 0) is 53.0 Å². The molecule has 28 heavy (non-hydrogen) atoms. The molecule has 2 aromatic heterocycles. The molecule has 1 aliphatic rings. The lowest BCUT2D eigenvalue weighted by Gasteiger charge is -2.37. The topological polar surface area (TPSA) is 24.3 Å². The highest BCUT2D eigenvalue weighted by molar-refractivity contribution is 7.08. The summed E-state index contributed by atoms with van der Waals surface area (Å²) in [5.74, 6) is 1.19. The molecule has 4 rings (SSSR count). The lowest BCUT2D eigenvalue weighted by molar-refractivity contribution is 0.246. The molecule has 0 amide bonds. The summed E-state index contributed by atoms with van der Waals surface area (Å²) >= 11 is 1.74. The molecule has 146 valence electrons. The molecule has 0 radical (unpaired) electrons. The summed E-state index contributed by atoms with van der Waals surface area (Å²) in [6.45, 7) is 7.44. The standard InChI is InChI=1S/C23H28N4S/c1-23(2,16-25(3)4)17-26-13-20(19-10-11-28-15-19)14-27-22(26)21(12-24-27)18-8-6-5-7-9-18/h5-13,15H,14,16-17H2,1-4H3. The molecule has 0 unspecified atom stereocenters. The van der Waals surface area contributed by atoms with Crippen molar-refractivity contribution in [3.8, 4) is 11.1 Å². The molecule has 0 aliphatic carbocycles. The lowest BCUT2D eigenvalue weighted by Crippen LogP contribution is -2.40. The number of thiophene rings is 1. The first kappa shape index (κ1) is 19.0. The van der Waals surface area contributed by atoms with Crippen LogP contribution in [0.1, 0.15) is 19.4 Å². The van der Waals surface area contributed by atoms with Gasteiger partial charge in [-0.15, -0.1) is 0 Å². The number of hydrogen-bond acceptors (Lipinski definition) is 4. The Bertz CT molecular complexity index is 952. The molecule has 0 bridgehead atoms. The van der Waals surface area contributed by atoms with Crippen molar-refractivity contribution in [2.75, 3.05) is 32.1 Å². The predicted octanol–water partition coefficient (Wildman–Crippen LogP) is 5.06. The van der Waals surface area contributed by atoms with E-state index >= 15 is 0 Å². The minimum Gasteiger partial charge on any atom is -0.332 e. The Balaban J connectivity index is 1.76. The van der Waals surface area contributed by atoms with Gasteiger partial charge in [0.25, 0.3) is 0 Å². The van der Waals surface area contributed by atoms with Crippen LogP contribution in [0.25, 0.3) is 16.7 Å². The minimum absolute atomic E-state index is 0.139. The van der Waals surface area contributed by atoms with Crippen molar-refractivity contribution in [1.29, 1.82) is 0 Å². The number of allylic oxidation sites excluding steroid dienone is 1. The molecule has 1 aliphatic heterocycles. The summed E-state index contributed by atoms with van der Waals surface area (Å²) in [6, 6.07) is 12.8. The van der Waals surface area contributed by atoms with Crippen molar-refractivity contribution in [3.63, 3.8) is 0 Å². The fourth-order valence-corrected chi connectivity index (χ4v) is 4.85. The van der Waals surface area contributed by atoms with Crippen molar-refractivity contribution in [3.05, 3.63) is 65.1 Å². The summed E-state index contributed by atoms with van der Waals surface area (Å²) in [4.78, 5) is 4.68. The lowest BCUT2D eigenvalue weighted by atomic mass is 9.91. The first-order chi connectivity index (χ1) is 13.4. The molecule has 0 atom stereocenters. The SMILES string of the molecule is CN(C)CC(C)(C)CN1C=C(c2ccsc2)Cn2ncc(-c3ccccc3)c21. The van der Waals surface area contributed by atoms with Crippen molar-refractivity contribution in [1.82, 2.24) is 14.7 Å². The average Bonchev–Trinajstić information content (AvgIpc) is 3.31. The van der Waals surface area contributed by atoms with Gasteiger partial charge in [-0.25, -0.2) is 4.68 Å². The van der Waals surface area contributed by atoms with Crippen LogP contribution in [0.15, 0.2) is 59.6 Å². The van der Waals surface area contributed by atoms with E-state index < -0.39 is 0 Å². The van der Waals surface area contributed by atoms with E-state index in [1.807, 2.05) is 6.20 Å². The van der Waals surface area contributed by atoms with Gasteiger partial charge in [-0.1, -0.05) is 44.2 Å². The first-order valence-electron chi connectivity index (χ1n) is 9.69. The number of fused-ring (bicyclic) bond motifs is 1. The van der Waals surface area contributed by atoms with Crippen molar-refractivity contribution in [2.24, 2.45) is 5.41 Å². The molecule has 5 heteroatoms. The van der Waals surface area contributed by atoms with E-state index in [-0.39, 0.29) is 5.41 Å². The molecule has 0 saturated carbocycles. The Morgan fingerprint density at radius 2 is 1.89 bits per heavy atom. The Morgan fingerprint density at radius 1 is 1.11 bits per heavy atom. The van der Waals surface area contributed by atoms with Crippen LogP contribution in [-0.2, 0) is 6.54 Å². The minimum atomic E-state index is 0.139. The van der Waals surface area contributed by atoms with Crippen LogP contribution in [0.3, 0.4) is 0 Å². The molecule has 4 nitrogen and oxygen atoms in total. The zero-order valence-electron chi connectivity index (χ0n) is 17.1. The summed E-state index contributed by atoms with van der Waals surface area (Å²) in [6.07, 6.45) is 4.35. The molecule has 1 aromatic carbocycles. The van der Waals surface area contributed by atoms with Crippen LogP contribution < -0.4 is 4.90 Å². The largest absolute Gasteiger partial charge is 0.332 e. The van der Waals surface area contributed by atoms with Crippen LogP contribution in [0.2, 0.25) is 0 Å². The van der Waals surface area contributed by atoms with Gasteiger partial charge >= 0.3 is 0 Å². The summed E-state index contributed by atoms with van der Waals surface area (Å²) in [5, 5.41) is 9.13. The predicted molar refractivity (Wildman–Crippen MR) is 120 cm³/mol. The maximum Gasteiger partial charge on any atom is 0.139 e. The second kappa shape index (κ2) is 7.57. The zero-order chi connectivity index (χ0) is 19.7. The van der Waals surface area contributed by atoms with E-state index in [4.69, 9.17) is 5.10 Å². The fraction of sp³-hybridized carbons (Fsp3) is 0.348. The number of aromatic nitrogens is 2. The smallest absolute Gasteiger partial charge is 0.139 e. The monoisotopic (exact) mass is 392 g/mol. The van der Waals surface area contributed by atoms with Gasteiger partial charge in [0.2, 0.25) is 0 Å². The Morgan fingerprint density at radius 3 is 2.57 bits per heavy atom. The maximum absolute atomic E-state index is 4.76. The number of rotatable bonds is 6. The van der Waals surface area contributed by atoms with Gasteiger partial charge < -0.3 is 9.80 Å². The molecule has 0 fully saturated rings. The molecular formula is C23H28N4S. The van der Waals surface area contributed by atoms with Gasteiger partial charge in [0, 0.05) is 24.9 Å². The van der Waals surface area contributed by atoms with Gasteiger partial charge in [0.15, 0.2) is 0 Å². The normalized spacial score (nSPS) is 14.3. The van der Waals surface area contributed by atoms with E-state index in [2.05, 4.69) is 95.8 Å². The number of hydrogen-bond donors (Lipinski definition) is 0.